The second-order valence-corrected chi connectivity index (χ2v) is 7.08. The number of carbonyl (C=O) groups is 2. The number of rotatable bonds is 7. The van der Waals surface area contributed by atoms with E-state index in [9.17, 15) is 9.59 Å². The molecule has 0 radical (unpaired) electrons. The standard InChI is InChI=1S/C24H25N3O3/c1-17-9-11-20(12-10-17)15-27-19(3)22(18(2)26-27)13-14-24(29)30-16-23(28)25-21-7-5-4-6-8-21/h4-14H,15-16H2,1-3H3,(H,25,28)/b14-13+. The van der Waals surface area contributed by atoms with Crippen molar-refractivity contribution in [1.29, 1.82) is 0 Å². The molecule has 30 heavy (non-hydrogen) atoms. The first-order valence-electron chi connectivity index (χ1n) is 9.71. The summed E-state index contributed by atoms with van der Waals surface area (Å²) in [7, 11) is 0. The van der Waals surface area contributed by atoms with Gasteiger partial charge in [-0.15, -0.1) is 0 Å². The molecule has 6 heteroatoms. The molecule has 0 atom stereocenters. The summed E-state index contributed by atoms with van der Waals surface area (Å²) in [6.07, 6.45) is 3.00. The Kier molecular flexibility index (Phi) is 6.80. The first-order valence-corrected chi connectivity index (χ1v) is 9.71. The average Bonchev–Trinajstić information content (AvgIpc) is 3.00. The minimum Gasteiger partial charge on any atom is -0.452 e. The maximum Gasteiger partial charge on any atom is 0.331 e. The number of ether oxygens (including phenoxy) is 1. The molecule has 0 aliphatic heterocycles. The monoisotopic (exact) mass is 403 g/mol. The molecule has 3 aromatic rings. The molecule has 0 aliphatic rings. The van der Waals surface area contributed by atoms with Crippen LogP contribution in [0.4, 0.5) is 5.69 Å². The quantitative estimate of drug-likeness (QED) is 0.477. The number of hydrogen-bond donors (Lipinski definition) is 1. The molecule has 2 aromatic carbocycles. The molecule has 0 fully saturated rings. The molecule has 1 N–H and O–H groups in total. The third-order valence-corrected chi connectivity index (χ3v) is 4.68. The Bertz CT molecular complexity index is 1050. The molecular weight excluding hydrogens is 378 g/mol. The van der Waals surface area contributed by atoms with Crippen LogP contribution in [0, 0.1) is 20.8 Å². The van der Waals surface area contributed by atoms with E-state index in [1.54, 1.807) is 18.2 Å². The van der Waals surface area contributed by atoms with Gasteiger partial charge in [0.25, 0.3) is 5.91 Å². The van der Waals surface area contributed by atoms with Gasteiger partial charge >= 0.3 is 5.97 Å². The first-order chi connectivity index (χ1) is 14.4. The lowest BCUT2D eigenvalue weighted by Crippen LogP contribution is -2.20. The van der Waals surface area contributed by atoms with Crippen molar-refractivity contribution < 1.29 is 14.3 Å². The minimum absolute atomic E-state index is 0.345. The van der Waals surface area contributed by atoms with Crippen LogP contribution >= 0.6 is 0 Å². The first kappa shape index (κ1) is 21.0. The Balaban J connectivity index is 1.57. The zero-order valence-electron chi connectivity index (χ0n) is 17.4. The van der Waals surface area contributed by atoms with Crippen molar-refractivity contribution in [1.82, 2.24) is 9.78 Å². The summed E-state index contributed by atoms with van der Waals surface area (Å²) in [5, 5.41) is 7.24. The van der Waals surface area contributed by atoms with Gasteiger partial charge in [-0.2, -0.15) is 5.10 Å². The van der Waals surface area contributed by atoms with Gasteiger partial charge in [-0.3, -0.25) is 9.48 Å². The van der Waals surface area contributed by atoms with Crippen molar-refractivity contribution >= 4 is 23.6 Å². The summed E-state index contributed by atoms with van der Waals surface area (Å²) in [6.45, 7) is 6.23. The highest BCUT2D eigenvalue weighted by Crippen LogP contribution is 2.17. The van der Waals surface area contributed by atoms with Crippen molar-refractivity contribution in [3.63, 3.8) is 0 Å². The lowest BCUT2D eigenvalue weighted by Gasteiger charge is -2.05. The van der Waals surface area contributed by atoms with Crippen LogP contribution in [0.2, 0.25) is 0 Å². The van der Waals surface area contributed by atoms with Crippen molar-refractivity contribution in [2.24, 2.45) is 0 Å². The van der Waals surface area contributed by atoms with Crippen LogP contribution in [0.3, 0.4) is 0 Å². The number of aromatic nitrogens is 2. The van der Waals surface area contributed by atoms with Gasteiger partial charge in [0.1, 0.15) is 0 Å². The zero-order valence-corrected chi connectivity index (χ0v) is 17.4. The predicted octanol–water partition coefficient (Wildman–Crippen LogP) is 4.05. The predicted molar refractivity (Wildman–Crippen MR) is 117 cm³/mol. The zero-order chi connectivity index (χ0) is 21.5. The van der Waals surface area contributed by atoms with E-state index in [-0.39, 0.29) is 12.5 Å². The summed E-state index contributed by atoms with van der Waals surface area (Å²) in [4.78, 5) is 23.9. The molecule has 1 heterocycles. The summed E-state index contributed by atoms with van der Waals surface area (Å²) >= 11 is 0. The number of para-hydroxylation sites is 1. The van der Waals surface area contributed by atoms with Crippen LogP contribution in [-0.4, -0.2) is 28.3 Å². The number of esters is 1. The van der Waals surface area contributed by atoms with Crippen molar-refractivity contribution in [3.05, 3.63) is 88.8 Å². The number of carbonyl (C=O) groups excluding carboxylic acids is 2. The average molecular weight is 403 g/mol. The van der Waals surface area contributed by atoms with Gasteiger partial charge in [0.2, 0.25) is 0 Å². The summed E-state index contributed by atoms with van der Waals surface area (Å²) in [5.41, 5.74) is 5.68. The van der Waals surface area contributed by atoms with Crippen LogP contribution in [0.25, 0.3) is 6.08 Å². The smallest absolute Gasteiger partial charge is 0.331 e. The van der Waals surface area contributed by atoms with E-state index >= 15 is 0 Å². The SMILES string of the molecule is Cc1ccc(Cn2nc(C)c(/C=C/C(=O)OCC(=O)Nc3ccccc3)c2C)cc1. The number of amides is 1. The largest absolute Gasteiger partial charge is 0.452 e. The molecule has 0 aliphatic carbocycles. The van der Waals surface area contributed by atoms with E-state index in [4.69, 9.17) is 4.74 Å². The molecular formula is C24H25N3O3. The maximum absolute atomic E-state index is 12.0. The fourth-order valence-electron chi connectivity index (χ4n) is 3.03. The number of nitrogens with zero attached hydrogens (tertiary/aromatic N) is 2. The van der Waals surface area contributed by atoms with Crippen molar-refractivity contribution in [2.45, 2.75) is 27.3 Å². The van der Waals surface area contributed by atoms with Crippen LogP contribution < -0.4 is 5.32 Å². The maximum atomic E-state index is 12.0. The van der Waals surface area contributed by atoms with Crippen LogP contribution in [-0.2, 0) is 20.9 Å². The number of aryl methyl sites for hydroxylation is 2. The molecule has 1 amide bonds. The fourth-order valence-corrected chi connectivity index (χ4v) is 3.03. The Hall–Kier alpha value is -3.67. The van der Waals surface area contributed by atoms with Gasteiger partial charge in [-0.05, 0) is 44.5 Å². The molecule has 3 rings (SSSR count). The molecule has 0 spiro atoms. The number of benzene rings is 2. The van der Waals surface area contributed by atoms with Gasteiger partial charge in [-0.25, -0.2) is 4.79 Å². The van der Waals surface area contributed by atoms with Crippen LogP contribution in [0.5, 0.6) is 0 Å². The Labute approximate surface area is 176 Å². The van der Waals surface area contributed by atoms with E-state index in [2.05, 4.69) is 41.6 Å². The van der Waals surface area contributed by atoms with Crippen molar-refractivity contribution in [3.8, 4) is 0 Å². The highest BCUT2D eigenvalue weighted by Gasteiger charge is 2.11. The van der Waals surface area contributed by atoms with E-state index in [0.29, 0.717) is 12.2 Å². The van der Waals surface area contributed by atoms with Gasteiger partial charge in [0, 0.05) is 23.0 Å². The normalized spacial score (nSPS) is 10.9. The summed E-state index contributed by atoms with van der Waals surface area (Å²) < 4.78 is 6.94. The lowest BCUT2D eigenvalue weighted by atomic mass is 10.1. The molecule has 154 valence electrons. The number of anilines is 1. The molecule has 0 saturated heterocycles. The Morgan fingerprint density at radius 2 is 1.73 bits per heavy atom. The van der Waals surface area contributed by atoms with Gasteiger partial charge in [-0.1, -0.05) is 48.0 Å². The molecule has 6 nitrogen and oxygen atoms in total. The van der Waals surface area contributed by atoms with Crippen LogP contribution in [0.1, 0.15) is 28.1 Å². The Morgan fingerprint density at radius 1 is 1.03 bits per heavy atom. The van der Waals surface area contributed by atoms with E-state index in [1.165, 1.54) is 11.6 Å². The van der Waals surface area contributed by atoms with Crippen LogP contribution in [0.15, 0.2) is 60.7 Å². The topological polar surface area (TPSA) is 73.2 Å². The molecule has 1 aromatic heterocycles. The van der Waals surface area contributed by atoms with Gasteiger partial charge in [0.05, 0.1) is 12.2 Å². The molecule has 0 saturated carbocycles. The highest BCUT2D eigenvalue weighted by molar-refractivity contribution is 5.94. The van der Waals surface area contributed by atoms with E-state index < -0.39 is 5.97 Å². The molecule has 0 bridgehead atoms. The third kappa shape index (κ3) is 5.67. The second-order valence-electron chi connectivity index (χ2n) is 7.08. The van der Waals surface area contributed by atoms with Crippen molar-refractivity contribution in [2.75, 3.05) is 11.9 Å². The number of nitrogens with one attached hydrogen (secondary N) is 1. The number of hydrogen-bond acceptors (Lipinski definition) is 4. The summed E-state index contributed by atoms with van der Waals surface area (Å²) in [6, 6.07) is 17.3. The van der Waals surface area contributed by atoms with E-state index in [1.807, 2.05) is 36.7 Å². The van der Waals surface area contributed by atoms with Gasteiger partial charge < -0.3 is 10.1 Å². The third-order valence-electron chi connectivity index (χ3n) is 4.68. The minimum atomic E-state index is -0.580. The highest BCUT2D eigenvalue weighted by atomic mass is 16.5. The molecule has 0 unspecified atom stereocenters. The summed E-state index contributed by atoms with van der Waals surface area (Å²) in [5.74, 6) is -0.968. The Morgan fingerprint density at radius 3 is 2.43 bits per heavy atom. The van der Waals surface area contributed by atoms with Gasteiger partial charge in [0.15, 0.2) is 6.61 Å². The lowest BCUT2D eigenvalue weighted by molar-refractivity contribution is -0.142. The van der Waals surface area contributed by atoms with E-state index in [0.717, 1.165) is 22.5 Å². The second kappa shape index (κ2) is 9.69. The fraction of sp³-hybridized carbons (Fsp3) is 0.208.